The largest absolute Gasteiger partial charge is 0.401 e. The highest BCUT2D eigenvalue weighted by Crippen LogP contribution is 2.50. The molecule has 0 saturated carbocycles. The second kappa shape index (κ2) is 15.4. The van der Waals surface area contributed by atoms with Crippen molar-refractivity contribution in [3.05, 3.63) is 243 Å². The molecular weight excluding hydrogens is 826 g/mol. The van der Waals surface area contributed by atoms with Gasteiger partial charge in [-0.1, -0.05) is 146 Å². The number of para-hydroxylation sites is 8. The van der Waals surface area contributed by atoms with E-state index in [1.54, 1.807) is 0 Å². The van der Waals surface area contributed by atoms with Gasteiger partial charge in [0.25, 0.3) is 0 Å². The number of rotatable bonds is 7. The number of nitrogens with zero attached hydrogens (tertiary/aromatic N) is 6. The first-order chi connectivity index (χ1) is 33.8. The molecule has 68 heavy (non-hydrogen) atoms. The average molecular weight is 867 g/mol. The minimum atomic E-state index is 1.11. The van der Waals surface area contributed by atoms with Gasteiger partial charge in [0.15, 0.2) is 0 Å². The van der Waals surface area contributed by atoms with Crippen LogP contribution < -0.4 is 19.2 Å². The lowest BCUT2D eigenvalue weighted by Gasteiger charge is -2.20. The van der Waals surface area contributed by atoms with Gasteiger partial charge in [-0.3, -0.25) is 0 Å². The minimum Gasteiger partial charge on any atom is -0.367 e. The predicted octanol–water partition coefficient (Wildman–Crippen LogP) is 15.2. The highest BCUT2D eigenvalue weighted by molar-refractivity contribution is 6.56. The molecule has 0 saturated heterocycles. The van der Waals surface area contributed by atoms with Gasteiger partial charge < -0.3 is 28.4 Å². The van der Waals surface area contributed by atoms with Gasteiger partial charge in [-0.15, -0.1) is 0 Å². The molecule has 8 heteroatoms. The monoisotopic (exact) mass is 866 g/mol. The summed E-state index contributed by atoms with van der Waals surface area (Å²) < 4.78 is 4.96. The maximum absolute atomic E-state index is 2.48. The number of hydrogen-bond acceptors (Lipinski definition) is 4. The topological polar surface area (TPSA) is 22.8 Å². The average Bonchev–Trinajstić information content (AvgIpc) is 4.16. The fourth-order valence-corrected chi connectivity index (χ4v) is 10.7. The highest BCUT2D eigenvalue weighted by atomic mass is 15.3. The van der Waals surface area contributed by atoms with Gasteiger partial charge in [0.1, 0.15) is 0 Å². The molecule has 0 unspecified atom stereocenters. The number of aromatic nitrogens is 2. The van der Waals surface area contributed by atoms with Crippen LogP contribution in [0, 0.1) is 0 Å². The Bertz CT molecular complexity index is 3630. The third kappa shape index (κ3) is 5.87. The third-order valence-corrected chi connectivity index (χ3v) is 13.8. The van der Waals surface area contributed by atoms with Crippen LogP contribution >= 0.6 is 0 Å². The Labute approximate surface area is 395 Å². The van der Waals surface area contributed by atoms with E-state index in [2.05, 4.69) is 286 Å². The molecule has 0 aliphatic carbocycles. The molecule has 2 aliphatic rings. The normalized spacial score (nSPS) is 13.1. The molecule has 2 aliphatic heterocycles. The van der Waals surface area contributed by atoms with Crippen LogP contribution in [-0.2, 0) is 0 Å². The third-order valence-electron chi connectivity index (χ3n) is 13.8. The summed E-state index contributed by atoms with van der Waals surface area (Å²) in [5.74, 6) is 0. The molecule has 0 amide bonds. The molecule has 0 spiro atoms. The summed E-state index contributed by atoms with van der Waals surface area (Å²) in [6.45, 7) is 0. The molecule has 10 aromatic carbocycles. The first-order valence-electron chi connectivity index (χ1n) is 23.2. The Kier molecular flexibility index (Phi) is 8.68. The van der Waals surface area contributed by atoms with E-state index < -0.39 is 0 Å². The van der Waals surface area contributed by atoms with E-state index in [4.69, 9.17) is 0 Å². The van der Waals surface area contributed by atoms with Crippen molar-refractivity contribution in [3.8, 4) is 22.5 Å². The zero-order valence-corrected chi connectivity index (χ0v) is 36.9. The zero-order chi connectivity index (χ0) is 44.7. The number of benzene rings is 10. The van der Waals surface area contributed by atoms with Crippen molar-refractivity contribution in [2.24, 2.45) is 0 Å². The molecule has 6 nitrogen and oxygen atoms in total. The van der Waals surface area contributed by atoms with Crippen LogP contribution in [-0.4, -0.2) is 24.2 Å². The van der Waals surface area contributed by atoms with E-state index in [-0.39, 0.29) is 0 Å². The fraction of sp³-hybridized carbons (Fsp3) is 0. The molecule has 316 valence electrons. The van der Waals surface area contributed by atoms with E-state index in [9.17, 15) is 0 Å². The summed E-state index contributed by atoms with van der Waals surface area (Å²) in [5.41, 5.74) is 18.1. The van der Waals surface area contributed by atoms with Crippen LogP contribution in [0.1, 0.15) is 0 Å². The van der Waals surface area contributed by atoms with Gasteiger partial charge in [-0.05, 0) is 97.1 Å². The van der Waals surface area contributed by atoms with E-state index in [1.807, 2.05) is 0 Å². The summed E-state index contributed by atoms with van der Waals surface area (Å²) >= 11 is 0. The van der Waals surface area contributed by atoms with E-state index >= 15 is 0 Å². The summed E-state index contributed by atoms with van der Waals surface area (Å²) in [5, 5.41) is 4.82. The van der Waals surface area contributed by atoms with Crippen LogP contribution in [0.15, 0.2) is 243 Å². The van der Waals surface area contributed by atoms with Crippen molar-refractivity contribution in [1.29, 1.82) is 0 Å². The van der Waals surface area contributed by atoms with Crippen LogP contribution in [0.5, 0.6) is 0 Å². The Morgan fingerprint density at radius 2 is 0.515 bits per heavy atom. The summed E-state index contributed by atoms with van der Waals surface area (Å²) in [4.78, 5) is 9.27. The molecular formula is C60H40B2N6. The second-order valence-corrected chi connectivity index (χ2v) is 17.5. The number of fused-ring (bicyclic) bond motifs is 8. The van der Waals surface area contributed by atoms with Crippen molar-refractivity contribution in [2.75, 3.05) is 19.2 Å². The van der Waals surface area contributed by atoms with Crippen molar-refractivity contribution < 1.29 is 0 Å². The molecule has 0 bridgehead atoms. The first kappa shape index (κ1) is 38.4. The smallest absolute Gasteiger partial charge is 0.367 e. The van der Waals surface area contributed by atoms with E-state index in [0.717, 1.165) is 90.1 Å². The lowest BCUT2D eigenvalue weighted by atomic mass is 10.0. The SMILES string of the molecule is [B]1N(c2ccccc2)c2cc3c4ccccc4n(-c4ccccc4-c4ccccc4-n4c5ccccc5c5cc6c(cc54)N(c4ccccc4)[B]N6c4ccccc4)c3cc2N1c1ccccc1. The van der Waals surface area contributed by atoms with Crippen molar-refractivity contribution in [2.45, 2.75) is 0 Å². The first-order valence-corrected chi connectivity index (χ1v) is 23.2. The van der Waals surface area contributed by atoms with Crippen LogP contribution in [0.3, 0.4) is 0 Å². The van der Waals surface area contributed by atoms with Crippen molar-refractivity contribution in [1.82, 2.24) is 9.13 Å². The quantitative estimate of drug-likeness (QED) is 0.149. The van der Waals surface area contributed by atoms with Crippen molar-refractivity contribution in [3.63, 3.8) is 0 Å². The molecule has 2 aromatic heterocycles. The molecule has 0 fully saturated rings. The molecule has 14 rings (SSSR count). The Morgan fingerprint density at radius 3 is 0.882 bits per heavy atom. The number of anilines is 8. The lowest BCUT2D eigenvalue weighted by Crippen LogP contribution is -2.28. The van der Waals surface area contributed by atoms with Crippen LogP contribution in [0.4, 0.5) is 45.5 Å². The highest BCUT2D eigenvalue weighted by Gasteiger charge is 2.34. The van der Waals surface area contributed by atoms with Crippen LogP contribution in [0.2, 0.25) is 0 Å². The van der Waals surface area contributed by atoms with E-state index in [0.29, 0.717) is 0 Å². The molecule has 0 atom stereocenters. The Balaban J connectivity index is 0.992. The Hall–Kier alpha value is -8.87. The van der Waals surface area contributed by atoms with Gasteiger partial charge in [0.05, 0.1) is 56.2 Å². The van der Waals surface area contributed by atoms with Gasteiger partial charge in [0.2, 0.25) is 0 Å². The molecule has 12 aromatic rings. The molecule has 4 heterocycles. The summed E-state index contributed by atoms with van der Waals surface area (Å²) in [6.07, 6.45) is 0. The second-order valence-electron chi connectivity index (χ2n) is 17.5. The van der Waals surface area contributed by atoms with Crippen molar-refractivity contribution >= 4 is 104 Å². The maximum Gasteiger partial charge on any atom is 0.401 e. The van der Waals surface area contributed by atoms with Gasteiger partial charge in [0, 0.05) is 55.4 Å². The summed E-state index contributed by atoms with van der Waals surface area (Å²) in [7, 11) is 4.45. The van der Waals surface area contributed by atoms with Gasteiger partial charge in [-0.25, -0.2) is 0 Å². The Morgan fingerprint density at radius 1 is 0.221 bits per heavy atom. The molecule has 0 N–H and O–H groups in total. The van der Waals surface area contributed by atoms with Gasteiger partial charge in [-0.2, -0.15) is 0 Å². The predicted molar refractivity (Wildman–Crippen MR) is 286 cm³/mol. The standard InChI is InChI=1S/C60H40B2N6/c1-5-21-41(22-6-1)65-57-37-49-47-31-15-19-35-53(47)63(55(49)39-59(57)67(61-65)43-25-9-3-10-26-43)51-33-17-13-29-45(51)46-30-14-18-34-52(46)64-54-36-20-16-32-48(54)50-38-58-60(40-56(50)64)68(44-27-11-4-12-28-44)62-66(58)42-23-7-2-8-24-42/h1-40H. The van der Waals surface area contributed by atoms with Crippen LogP contribution in [0.25, 0.3) is 66.1 Å². The fourth-order valence-electron chi connectivity index (χ4n) is 10.7. The maximum atomic E-state index is 2.48. The zero-order valence-electron chi connectivity index (χ0n) is 36.9. The van der Waals surface area contributed by atoms with Gasteiger partial charge >= 0.3 is 15.1 Å². The number of hydrogen-bond donors (Lipinski definition) is 0. The molecule has 2 radical (unpaired) electrons. The van der Waals surface area contributed by atoms with E-state index in [1.165, 1.54) is 21.5 Å². The lowest BCUT2D eigenvalue weighted by molar-refractivity contribution is 1.16. The minimum absolute atomic E-state index is 1.11. The summed E-state index contributed by atoms with van der Waals surface area (Å²) in [6, 6.07) is 87.7.